The highest BCUT2D eigenvalue weighted by Gasteiger charge is 2.18. The van der Waals surface area contributed by atoms with E-state index in [0.29, 0.717) is 6.04 Å². The summed E-state index contributed by atoms with van der Waals surface area (Å²) in [5, 5.41) is 3.63. The maximum absolute atomic E-state index is 3.63. The molecular weight excluding hydrogens is 208 g/mol. The normalized spacial score (nSPS) is 18.2. The van der Waals surface area contributed by atoms with Gasteiger partial charge in [-0.05, 0) is 37.9 Å². The third-order valence-electron chi connectivity index (χ3n) is 3.56. The summed E-state index contributed by atoms with van der Waals surface area (Å²) in [4.78, 5) is 2.60. The maximum atomic E-state index is 3.63. The van der Waals surface area contributed by atoms with Crippen LogP contribution in [-0.2, 0) is 0 Å². The molecule has 0 amide bonds. The van der Waals surface area contributed by atoms with Crippen LogP contribution in [0.3, 0.4) is 0 Å². The van der Waals surface area contributed by atoms with Gasteiger partial charge < -0.3 is 10.2 Å². The van der Waals surface area contributed by atoms with Crippen LogP contribution in [0.5, 0.6) is 0 Å². The summed E-state index contributed by atoms with van der Waals surface area (Å²) in [5.41, 5.74) is 1.26. The molecule has 0 radical (unpaired) electrons. The van der Waals surface area contributed by atoms with E-state index in [1.807, 2.05) is 0 Å². The van der Waals surface area contributed by atoms with Crippen LogP contribution in [0.1, 0.15) is 32.6 Å². The fourth-order valence-electron chi connectivity index (χ4n) is 2.45. The van der Waals surface area contributed by atoms with E-state index in [9.17, 15) is 0 Å². The SMILES string of the molecule is CCCCN1CCC(Nc2ccccc2)CC1. The lowest BCUT2D eigenvalue weighted by molar-refractivity contribution is 0.216. The Balaban J connectivity index is 1.72. The molecule has 0 unspecified atom stereocenters. The van der Waals surface area contributed by atoms with Crippen molar-refractivity contribution in [3.63, 3.8) is 0 Å². The van der Waals surface area contributed by atoms with Crippen molar-refractivity contribution in [2.75, 3.05) is 25.0 Å². The number of para-hydroxylation sites is 1. The van der Waals surface area contributed by atoms with Gasteiger partial charge in [0.2, 0.25) is 0 Å². The van der Waals surface area contributed by atoms with E-state index in [0.717, 1.165) is 0 Å². The lowest BCUT2D eigenvalue weighted by atomic mass is 10.0. The molecule has 1 aromatic carbocycles. The van der Waals surface area contributed by atoms with Gasteiger partial charge in [0.25, 0.3) is 0 Å². The highest BCUT2D eigenvalue weighted by atomic mass is 15.1. The number of likely N-dealkylation sites (tertiary alicyclic amines) is 1. The van der Waals surface area contributed by atoms with Gasteiger partial charge in [0.05, 0.1) is 0 Å². The number of rotatable bonds is 5. The molecule has 17 heavy (non-hydrogen) atoms. The molecule has 1 aliphatic heterocycles. The van der Waals surface area contributed by atoms with Crippen molar-refractivity contribution in [2.24, 2.45) is 0 Å². The first kappa shape index (κ1) is 12.4. The minimum absolute atomic E-state index is 0.662. The molecule has 94 valence electrons. The Hall–Kier alpha value is -1.02. The molecule has 1 N–H and O–H groups in total. The molecule has 1 fully saturated rings. The maximum Gasteiger partial charge on any atom is 0.0342 e. The van der Waals surface area contributed by atoms with Crippen LogP contribution >= 0.6 is 0 Å². The van der Waals surface area contributed by atoms with E-state index in [4.69, 9.17) is 0 Å². The van der Waals surface area contributed by atoms with Crippen LogP contribution in [0.4, 0.5) is 5.69 Å². The molecule has 2 nitrogen and oxygen atoms in total. The Morgan fingerprint density at radius 2 is 1.88 bits per heavy atom. The second kappa shape index (κ2) is 6.65. The first-order valence-corrected chi connectivity index (χ1v) is 6.92. The van der Waals surface area contributed by atoms with Crippen molar-refractivity contribution in [1.29, 1.82) is 0 Å². The van der Waals surface area contributed by atoms with E-state index in [2.05, 4.69) is 47.5 Å². The fraction of sp³-hybridized carbons (Fsp3) is 0.600. The van der Waals surface area contributed by atoms with E-state index >= 15 is 0 Å². The van der Waals surface area contributed by atoms with Gasteiger partial charge in [-0.25, -0.2) is 0 Å². The molecule has 0 spiro atoms. The Bertz CT molecular complexity index is 302. The van der Waals surface area contributed by atoms with Crippen molar-refractivity contribution >= 4 is 5.69 Å². The van der Waals surface area contributed by atoms with Crippen LogP contribution in [0, 0.1) is 0 Å². The van der Waals surface area contributed by atoms with Gasteiger partial charge in [0.1, 0.15) is 0 Å². The molecule has 0 bridgehead atoms. The van der Waals surface area contributed by atoms with Gasteiger partial charge in [0, 0.05) is 24.8 Å². The first-order valence-electron chi connectivity index (χ1n) is 6.92. The molecule has 0 aliphatic carbocycles. The third-order valence-corrected chi connectivity index (χ3v) is 3.56. The van der Waals surface area contributed by atoms with Gasteiger partial charge >= 0.3 is 0 Å². The predicted octanol–water partition coefficient (Wildman–Crippen LogP) is 3.36. The second-order valence-corrected chi connectivity index (χ2v) is 4.98. The fourth-order valence-corrected chi connectivity index (χ4v) is 2.45. The van der Waals surface area contributed by atoms with Crippen molar-refractivity contribution in [3.8, 4) is 0 Å². The van der Waals surface area contributed by atoms with E-state index in [-0.39, 0.29) is 0 Å². The Morgan fingerprint density at radius 1 is 1.18 bits per heavy atom. The van der Waals surface area contributed by atoms with Crippen molar-refractivity contribution < 1.29 is 0 Å². The standard InChI is InChI=1S/C15H24N2/c1-2-3-11-17-12-9-15(10-13-17)16-14-7-5-4-6-8-14/h4-8,15-16H,2-3,9-13H2,1H3. The predicted molar refractivity (Wildman–Crippen MR) is 74.4 cm³/mol. The zero-order valence-electron chi connectivity index (χ0n) is 10.9. The van der Waals surface area contributed by atoms with E-state index in [1.54, 1.807) is 0 Å². The average Bonchev–Trinajstić information content (AvgIpc) is 2.39. The van der Waals surface area contributed by atoms with Gasteiger partial charge in [-0.2, -0.15) is 0 Å². The third kappa shape index (κ3) is 4.04. The van der Waals surface area contributed by atoms with Gasteiger partial charge in [-0.1, -0.05) is 31.5 Å². The molecule has 2 rings (SSSR count). The number of anilines is 1. The van der Waals surface area contributed by atoms with Gasteiger partial charge in [-0.15, -0.1) is 0 Å². The smallest absolute Gasteiger partial charge is 0.0342 e. The van der Waals surface area contributed by atoms with Gasteiger partial charge in [-0.3, -0.25) is 0 Å². The molecule has 1 saturated heterocycles. The van der Waals surface area contributed by atoms with Crippen molar-refractivity contribution in [3.05, 3.63) is 30.3 Å². The van der Waals surface area contributed by atoms with Crippen LogP contribution < -0.4 is 5.32 Å². The zero-order valence-corrected chi connectivity index (χ0v) is 10.9. The summed E-state index contributed by atoms with van der Waals surface area (Å²) in [6.07, 6.45) is 5.20. The van der Waals surface area contributed by atoms with Crippen LogP contribution in [0.25, 0.3) is 0 Å². The van der Waals surface area contributed by atoms with Gasteiger partial charge in [0.15, 0.2) is 0 Å². The molecule has 0 saturated carbocycles. The van der Waals surface area contributed by atoms with Crippen molar-refractivity contribution in [2.45, 2.75) is 38.6 Å². The number of nitrogens with zero attached hydrogens (tertiary/aromatic N) is 1. The zero-order chi connectivity index (χ0) is 11.9. The average molecular weight is 232 g/mol. The first-order chi connectivity index (χ1) is 8.38. The molecular formula is C15H24N2. The van der Waals surface area contributed by atoms with Crippen molar-refractivity contribution in [1.82, 2.24) is 4.90 Å². The monoisotopic (exact) mass is 232 g/mol. The summed E-state index contributed by atoms with van der Waals surface area (Å²) in [7, 11) is 0. The van der Waals surface area contributed by atoms with E-state index < -0.39 is 0 Å². The molecule has 0 atom stereocenters. The largest absolute Gasteiger partial charge is 0.382 e. The summed E-state index contributed by atoms with van der Waals surface area (Å²) in [6, 6.07) is 11.2. The Labute approximate surface area is 105 Å². The summed E-state index contributed by atoms with van der Waals surface area (Å²) >= 11 is 0. The Kier molecular flexibility index (Phi) is 4.87. The van der Waals surface area contributed by atoms with E-state index in [1.165, 1.54) is 51.0 Å². The number of nitrogens with one attached hydrogen (secondary N) is 1. The number of benzene rings is 1. The number of unbranched alkanes of at least 4 members (excludes halogenated alkanes) is 1. The molecule has 1 aliphatic rings. The topological polar surface area (TPSA) is 15.3 Å². The lowest BCUT2D eigenvalue weighted by Gasteiger charge is -2.32. The summed E-state index contributed by atoms with van der Waals surface area (Å²) in [6.45, 7) is 6.06. The second-order valence-electron chi connectivity index (χ2n) is 4.98. The molecule has 1 heterocycles. The Morgan fingerprint density at radius 3 is 2.53 bits per heavy atom. The molecule has 2 heteroatoms. The lowest BCUT2D eigenvalue weighted by Crippen LogP contribution is -2.39. The minimum atomic E-state index is 0.662. The van der Waals surface area contributed by atoms with Crippen LogP contribution in [-0.4, -0.2) is 30.6 Å². The number of piperidine rings is 1. The summed E-state index contributed by atoms with van der Waals surface area (Å²) < 4.78 is 0. The number of hydrogen-bond donors (Lipinski definition) is 1. The van der Waals surface area contributed by atoms with Crippen LogP contribution in [0.2, 0.25) is 0 Å². The highest BCUT2D eigenvalue weighted by Crippen LogP contribution is 2.16. The molecule has 1 aromatic rings. The summed E-state index contributed by atoms with van der Waals surface area (Å²) in [5.74, 6) is 0. The van der Waals surface area contributed by atoms with Crippen LogP contribution in [0.15, 0.2) is 30.3 Å². The molecule has 0 aromatic heterocycles. The highest BCUT2D eigenvalue weighted by molar-refractivity contribution is 5.43. The quantitative estimate of drug-likeness (QED) is 0.837. The number of hydrogen-bond acceptors (Lipinski definition) is 2. The minimum Gasteiger partial charge on any atom is -0.382 e.